The SMILES string of the molecule is CN(CCC(=O)O)C(=O)Nc1ccc2c(c1)CCCO2. The van der Waals surface area contributed by atoms with E-state index in [1.54, 1.807) is 13.1 Å². The van der Waals surface area contributed by atoms with Crippen molar-refractivity contribution in [1.82, 2.24) is 4.90 Å². The van der Waals surface area contributed by atoms with Crippen LogP contribution in [-0.2, 0) is 11.2 Å². The van der Waals surface area contributed by atoms with E-state index in [0.717, 1.165) is 30.8 Å². The fourth-order valence-electron chi connectivity index (χ4n) is 2.02. The van der Waals surface area contributed by atoms with Crippen LogP contribution in [0.4, 0.5) is 10.5 Å². The molecule has 0 bridgehead atoms. The normalized spacial score (nSPS) is 13.1. The van der Waals surface area contributed by atoms with Crippen LogP contribution < -0.4 is 10.1 Å². The number of nitrogens with zero attached hydrogens (tertiary/aromatic N) is 1. The first kappa shape index (κ1) is 14.2. The smallest absolute Gasteiger partial charge is 0.321 e. The molecule has 0 spiro atoms. The summed E-state index contributed by atoms with van der Waals surface area (Å²) in [5.74, 6) is -0.0518. The van der Waals surface area contributed by atoms with Gasteiger partial charge in [-0.05, 0) is 36.6 Å². The number of urea groups is 1. The molecule has 1 aromatic carbocycles. The summed E-state index contributed by atoms with van der Waals surface area (Å²) in [6, 6.07) is 5.22. The summed E-state index contributed by atoms with van der Waals surface area (Å²) < 4.78 is 5.51. The molecular weight excluding hydrogens is 260 g/mol. The van der Waals surface area contributed by atoms with Gasteiger partial charge in [0.05, 0.1) is 13.0 Å². The van der Waals surface area contributed by atoms with Crippen LogP contribution in [0.25, 0.3) is 0 Å². The Morgan fingerprint density at radius 3 is 3.00 bits per heavy atom. The van der Waals surface area contributed by atoms with Crippen LogP contribution in [0.5, 0.6) is 5.75 Å². The van der Waals surface area contributed by atoms with Crippen LogP contribution in [0.2, 0.25) is 0 Å². The number of carbonyl (C=O) groups excluding carboxylic acids is 1. The Morgan fingerprint density at radius 1 is 1.45 bits per heavy atom. The third kappa shape index (κ3) is 3.63. The van der Waals surface area contributed by atoms with Crippen LogP contribution in [-0.4, -0.2) is 42.2 Å². The molecule has 1 aromatic rings. The molecule has 1 heterocycles. The number of aryl methyl sites for hydroxylation is 1. The van der Waals surface area contributed by atoms with Gasteiger partial charge in [-0.15, -0.1) is 0 Å². The van der Waals surface area contributed by atoms with Crippen molar-refractivity contribution in [3.8, 4) is 5.75 Å². The zero-order valence-corrected chi connectivity index (χ0v) is 11.4. The summed E-state index contributed by atoms with van der Waals surface area (Å²) in [5.41, 5.74) is 1.78. The highest BCUT2D eigenvalue weighted by Crippen LogP contribution is 2.27. The van der Waals surface area contributed by atoms with Crippen molar-refractivity contribution in [2.75, 3.05) is 25.5 Å². The molecule has 2 amide bonds. The van der Waals surface area contributed by atoms with Gasteiger partial charge in [0.1, 0.15) is 5.75 Å². The van der Waals surface area contributed by atoms with Gasteiger partial charge in [0.25, 0.3) is 0 Å². The van der Waals surface area contributed by atoms with Crippen LogP contribution in [0.1, 0.15) is 18.4 Å². The molecule has 0 aliphatic carbocycles. The average Bonchev–Trinajstić information content (AvgIpc) is 2.44. The largest absolute Gasteiger partial charge is 0.493 e. The predicted molar refractivity (Wildman–Crippen MR) is 74.2 cm³/mol. The van der Waals surface area contributed by atoms with Crippen molar-refractivity contribution in [1.29, 1.82) is 0 Å². The van der Waals surface area contributed by atoms with Gasteiger partial charge in [-0.2, -0.15) is 0 Å². The van der Waals surface area contributed by atoms with Gasteiger partial charge in [-0.3, -0.25) is 4.79 Å². The van der Waals surface area contributed by atoms with Crippen LogP contribution in [0.3, 0.4) is 0 Å². The van der Waals surface area contributed by atoms with E-state index in [4.69, 9.17) is 9.84 Å². The lowest BCUT2D eigenvalue weighted by atomic mass is 10.1. The molecule has 0 aromatic heterocycles. The summed E-state index contributed by atoms with van der Waals surface area (Å²) in [6.07, 6.45) is 1.85. The van der Waals surface area contributed by atoms with Crippen molar-refractivity contribution in [2.45, 2.75) is 19.3 Å². The van der Waals surface area contributed by atoms with E-state index in [0.29, 0.717) is 5.69 Å². The van der Waals surface area contributed by atoms with Crippen molar-refractivity contribution in [3.63, 3.8) is 0 Å². The molecule has 0 saturated carbocycles. The number of carbonyl (C=O) groups is 2. The predicted octanol–water partition coefficient (Wildman–Crippen LogP) is 1.95. The topological polar surface area (TPSA) is 78.9 Å². The quantitative estimate of drug-likeness (QED) is 0.882. The second-order valence-corrected chi connectivity index (χ2v) is 4.77. The highest BCUT2D eigenvalue weighted by molar-refractivity contribution is 5.89. The molecule has 20 heavy (non-hydrogen) atoms. The van der Waals surface area contributed by atoms with E-state index in [-0.39, 0.29) is 19.0 Å². The number of benzene rings is 1. The number of rotatable bonds is 4. The molecule has 1 aliphatic heterocycles. The molecule has 0 atom stereocenters. The lowest BCUT2D eigenvalue weighted by molar-refractivity contribution is -0.137. The maximum Gasteiger partial charge on any atom is 0.321 e. The molecular formula is C14H18N2O4. The highest BCUT2D eigenvalue weighted by Gasteiger charge is 2.13. The minimum Gasteiger partial charge on any atom is -0.493 e. The number of amides is 2. The Labute approximate surface area is 117 Å². The number of hydrogen-bond acceptors (Lipinski definition) is 3. The second-order valence-electron chi connectivity index (χ2n) is 4.77. The van der Waals surface area contributed by atoms with Gasteiger partial charge in [-0.1, -0.05) is 0 Å². The second kappa shape index (κ2) is 6.27. The van der Waals surface area contributed by atoms with Gasteiger partial charge >= 0.3 is 12.0 Å². The minimum absolute atomic E-state index is 0.0675. The van der Waals surface area contributed by atoms with E-state index in [1.807, 2.05) is 12.1 Å². The number of aliphatic carboxylic acids is 1. The van der Waals surface area contributed by atoms with E-state index in [1.165, 1.54) is 4.90 Å². The van der Waals surface area contributed by atoms with Crippen molar-refractivity contribution in [2.24, 2.45) is 0 Å². The Hall–Kier alpha value is -2.24. The molecule has 2 N–H and O–H groups in total. The molecule has 2 rings (SSSR count). The lowest BCUT2D eigenvalue weighted by Gasteiger charge is -2.20. The molecule has 0 fully saturated rings. The molecule has 0 unspecified atom stereocenters. The minimum atomic E-state index is -0.921. The molecule has 0 saturated heterocycles. The van der Waals surface area contributed by atoms with E-state index in [9.17, 15) is 9.59 Å². The summed E-state index contributed by atoms with van der Waals surface area (Å²) in [4.78, 5) is 23.7. The Kier molecular flexibility index (Phi) is 4.45. The molecule has 6 heteroatoms. The first-order valence-electron chi connectivity index (χ1n) is 6.56. The summed E-state index contributed by atoms with van der Waals surface area (Å²) >= 11 is 0. The van der Waals surface area contributed by atoms with E-state index in [2.05, 4.69) is 5.32 Å². The number of nitrogens with one attached hydrogen (secondary N) is 1. The summed E-state index contributed by atoms with van der Waals surface area (Å²) in [6.45, 7) is 0.909. The van der Waals surface area contributed by atoms with Gasteiger partial charge in [0.2, 0.25) is 0 Å². The number of hydrogen-bond donors (Lipinski definition) is 2. The highest BCUT2D eigenvalue weighted by atomic mass is 16.5. The fourth-order valence-corrected chi connectivity index (χ4v) is 2.02. The zero-order chi connectivity index (χ0) is 14.5. The fraction of sp³-hybridized carbons (Fsp3) is 0.429. The third-order valence-electron chi connectivity index (χ3n) is 3.17. The number of fused-ring (bicyclic) bond motifs is 1. The van der Waals surface area contributed by atoms with Crippen LogP contribution >= 0.6 is 0 Å². The number of carboxylic acid groups (broad SMARTS) is 1. The third-order valence-corrected chi connectivity index (χ3v) is 3.17. The van der Waals surface area contributed by atoms with Crippen molar-refractivity contribution in [3.05, 3.63) is 23.8 Å². The van der Waals surface area contributed by atoms with Crippen LogP contribution in [0, 0.1) is 0 Å². The standard InChI is InChI=1S/C14H18N2O4/c1-16(7-6-13(17)18)14(19)15-11-4-5-12-10(9-11)3-2-8-20-12/h4-5,9H,2-3,6-8H2,1H3,(H,15,19)(H,17,18). The molecule has 0 radical (unpaired) electrons. The summed E-state index contributed by atoms with van der Waals surface area (Å²) in [5, 5.41) is 11.3. The lowest BCUT2D eigenvalue weighted by Crippen LogP contribution is -2.33. The van der Waals surface area contributed by atoms with Gasteiger partial charge < -0.3 is 20.1 Å². The van der Waals surface area contributed by atoms with E-state index < -0.39 is 5.97 Å². The number of carboxylic acids is 1. The first-order chi connectivity index (χ1) is 9.56. The molecule has 6 nitrogen and oxygen atoms in total. The zero-order valence-electron chi connectivity index (χ0n) is 11.4. The van der Waals surface area contributed by atoms with Gasteiger partial charge in [-0.25, -0.2) is 4.79 Å². The van der Waals surface area contributed by atoms with Gasteiger partial charge in [0.15, 0.2) is 0 Å². The number of anilines is 1. The maximum absolute atomic E-state index is 11.9. The van der Waals surface area contributed by atoms with Crippen LogP contribution in [0.15, 0.2) is 18.2 Å². The molecule has 1 aliphatic rings. The first-order valence-corrected chi connectivity index (χ1v) is 6.56. The van der Waals surface area contributed by atoms with Crippen molar-refractivity contribution >= 4 is 17.7 Å². The Bertz CT molecular complexity index is 516. The monoisotopic (exact) mass is 278 g/mol. The summed E-state index contributed by atoms with van der Waals surface area (Å²) in [7, 11) is 1.57. The van der Waals surface area contributed by atoms with Gasteiger partial charge in [0, 0.05) is 19.3 Å². The average molecular weight is 278 g/mol. The van der Waals surface area contributed by atoms with E-state index >= 15 is 0 Å². The molecule has 108 valence electrons. The number of ether oxygens (including phenoxy) is 1. The van der Waals surface area contributed by atoms with Crippen molar-refractivity contribution < 1.29 is 19.4 Å². The Morgan fingerprint density at radius 2 is 2.25 bits per heavy atom. The Balaban J connectivity index is 1.95. The maximum atomic E-state index is 11.9.